The zero-order chi connectivity index (χ0) is 20.7. The minimum absolute atomic E-state index is 0.0215. The van der Waals surface area contributed by atoms with Gasteiger partial charge in [-0.25, -0.2) is 0 Å². The van der Waals surface area contributed by atoms with Crippen LogP contribution in [0.15, 0.2) is 60.7 Å². The maximum Gasteiger partial charge on any atom is 0.173 e. The average molecular weight is 402 g/mol. The van der Waals surface area contributed by atoms with Crippen LogP contribution < -0.4 is 4.90 Å². The van der Waals surface area contributed by atoms with Gasteiger partial charge in [0.05, 0.1) is 31.3 Å². The van der Waals surface area contributed by atoms with Gasteiger partial charge in [0.15, 0.2) is 5.78 Å². The predicted octanol–water partition coefficient (Wildman–Crippen LogP) is 5.12. The number of hydrogen-bond donors (Lipinski definition) is 0. The smallest absolute Gasteiger partial charge is 0.173 e. The molecule has 1 aliphatic heterocycles. The van der Waals surface area contributed by atoms with Crippen LogP contribution in [0.3, 0.4) is 0 Å². The number of rotatable bonds is 4. The van der Waals surface area contributed by atoms with Gasteiger partial charge in [0.2, 0.25) is 0 Å². The van der Waals surface area contributed by atoms with Crippen molar-refractivity contribution in [1.82, 2.24) is 0 Å². The second-order valence-corrected chi connectivity index (χ2v) is 8.36. The van der Waals surface area contributed by atoms with E-state index in [-0.39, 0.29) is 23.9 Å². The van der Waals surface area contributed by atoms with E-state index in [0.717, 1.165) is 53.8 Å². The number of hydrogen-bond acceptors (Lipinski definition) is 4. The molecule has 2 aliphatic rings. The minimum atomic E-state index is -0.332. The van der Waals surface area contributed by atoms with Gasteiger partial charge < -0.3 is 14.4 Å². The van der Waals surface area contributed by atoms with Gasteiger partial charge in [-0.2, -0.15) is 0 Å². The molecule has 30 heavy (non-hydrogen) atoms. The van der Waals surface area contributed by atoms with Crippen LogP contribution in [0.4, 0.5) is 5.69 Å². The van der Waals surface area contributed by atoms with Gasteiger partial charge in [0.25, 0.3) is 0 Å². The summed E-state index contributed by atoms with van der Waals surface area (Å²) in [6.45, 7) is 7.27. The van der Waals surface area contributed by atoms with Gasteiger partial charge in [0, 0.05) is 35.1 Å². The van der Waals surface area contributed by atoms with E-state index in [0.29, 0.717) is 0 Å². The largest absolute Gasteiger partial charge is 0.378 e. The molecule has 0 bridgehead atoms. The molecule has 2 atom stereocenters. The summed E-state index contributed by atoms with van der Waals surface area (Å²) in [7, 11) is 0. The van der Waals surface area contributed by atoms with Gasteiger partial charge in [-0.3, -0.25) is 4.79 Å². The number of morpholine rings is 1. The lowest BCUT2D eigenvalue weighted by atomic mass is 9.75. The summed E-state index contributed by atoms with van der Waals surface area (Å²) in [5, 5.41) is 2.17. The van der Waals surface area contributed by atoms with E-state index in [1.54, 1.807) is 0 Å². The number of nitrogens with zero attached hydrogens (tertiary/aromatic N) is 1. The van der Waals surface area contributed by atoms with E-state index in [1.807, 2.05) is 56.3 Å². The Morgan fingerprint density at radius 2 is 1.73 bits per heavy atom. The van der Waals surface area contributed by atoms with Crippen molar-refractivity contribution >= 4 is 22.2 Å². The van der Waals surface area contributed by atoms with Gasteiger partial charge in [-0.05, 0) is 31.0 Å². The number of carbonyl (C=O) groups excluding carboxylic acids is 1. The van der Waals surface area contributed by atoms with E-state index in [9.17, 15) is 4.79 Å². The summed E-state index contributed by atoms with van der Waals surface area (Å²) in [5.74, 6) is -0.190. The predicted molar refractivity (Wildman–Crippen MR) is 119 cm³/mol. The topological polar surface area (TPSA) is 38.8 Å². The Bertz CT molecular complexity index is 1070. The van der Waals surface area contributed by atoms with E-state index < -0.39 is 0 Å². The van der Waals surface area contributed by atoms with E-state index in [4.69, 9.17) is 9.47 Å². The zero-order valence-corrected chi connectivity index (χ0v) is 17.5. The molecule has 154 valence electrons. The fourth-order valence-electron chi connectivity index (χ4n) is 4.86. The number of Topliss-reactive ketones (excluding diaryl/α,β-unsaturated/α-hetero) is 1. The second kappa shape index (κ2) is 7.86. The van der Waals surface area contributed by atoms with E-state index >= 15 is 0 Å². The Balaban J connectivity index is 1.71. The first-order valence-electron chi connectivity index (χ1n) is 10.8. The molecule has 5 rings (SSSR count). The monoisotopic (exact) mass is 401 g/mol. The molecule has 0 N–H and O–H groups in total. The molecule has 0 saturated carbocycles. The maximum atomic E-state index is 13.8. The number of anilines is 1. The highest BCUT2D eigenvalue weighted by molar-refractivity contribution is 6.16. The molecule has 3 aromatic carbocycles. The molecule has 4 heteroatoms. The first-order valence-corrected chi connectivity index (χ1v) is 10.8. The molecule has 1 fully saturated rings. The van der Waals surface area contributed by atoms with Crippen LogP contribution in [0.5, 0.6) is 0 Å². The van der Waals surface area contributed by atoms with Crippen LogP contribution in [0, 0.1) is 0 Å². The molecule has 0 aromatic heterocycles. The van der Waals surface area contributed by atoms with E-state index in [2.05, 4.69) is 23.1 Å². The van der Waals surface area contributed by atoms with Crippen molar-refractivity contribution in [2.45, 2.75) is 32.0 Å². The summed E-state index contributed by atoms with van der Waals surface area (Å²) < 4.78 is 11.9. The van der Waals surface area contributed by atoms with Gasteiger partial charge in [-0.15, -0.1) is 0 Å². The number of ether oxygens (including phenoxy) is 2. The molecule has 0 amide bonds. The van der Waals surface area contributed by atoms with Crippen LogP contribution >= 0.6 is 0 Å². The molecule has 1 aliphatic carbocycles. The fourth-order valence-corrected chi connectivity index (χ4v) is 4.86. The van der Waals surface area contributed by atoms with Crippen LogP contribution in [-0.2, 0) is 9.47 Å². The van der Waals surface area contributed by atoms with Crippen molar-refractivity contribution < 1.29 is 14.3 Å². The van der Waals surface area contributed by atoms with Gasteiger partial charge in [0.1, 0.15) is 0 Å². The minimum Gasteiger partial charge on any atom is -0.378 e. The third-order valence-electron chi connectivity index (χ3n) is 6.14. The Morgan fingerprint density at radius 1 is 0.967 bits per heavy atom. The first kappa shape index (κ1) is 19.3. The molecule has 1 heterocycles. The van der Waals surface area contributed by atoms with Crippen LogP contribution in [0.1, 0.15) is 47.4 Å². The molecule has 0 spiro atoms. The average Bonchev–Trinajstić information content (AvgIpc) is 2.78. The van der Waals surface area contributed by atoms with Crippen molar-refractivity contribution in [2.75, 3.05) is 31.2 Å². The SMILES string of the molecule is CC(C)OC1c2ccc(N3CCOCC3)c3cccc(c23)C(=O)C1c1ccccc1. The summed E-state index contributed by atoms with van der Waals surface area (Å²) in [6, 6.07) is 20.5. The van der Waals surface area contributed by atoms with Crippen molar-refractivity contribution in [3.05, 3.63) is 77.4 Å². The Kier molecular flexibility index (Phi) is 5.05. The third kappa shape index (κ3) is 3.21. The Labute approximate surface area is 177 Å². The van der Waals surface area contributed by atoms with Crippen molar-refractivity contribution in [2.24, 2.45) is 0 Å². The summed E-state index contributed by atoms with van der Waals surface area (Å²) in [4.78, 5) is 16.1. The molecule has 0 radical (unpaired) electrons. The quantitative estimate of drug-likeness (QED) is 0.608. The highest BCUT2D eigenvalue weighted by Gasteiger charge is 2.39. The standard InChI is InChI=1S/C26H27NO3/c1-17(2)30-26-21-11-12-22(27-13-15-29-16-14-27)19-9-6-10-20(24(19)21)25(28)23(26)18-7-4-3-5-8-18/h3-12,17,23,26H,13-16H2,1-2H3. The maximum absolute atomic E-state index is 13.8. The van der Waals surface area contributed by atoms with Crippen molar-refractivity contribution in [1.29, 1.82) is 0 Å². The summed E-state index contributed by atoms with van der Waals surface area (Å²) in [6.07, 6.45) is -0.274. The lowest BCUT2D eigenvalue weighted by Crippen LogP contribution is -2.36. The molecular formula is C26H27NO3. The lowest BCUT2D eigenvalue weighted by Gasteiger charge is -2.36. The molecule has 1 saturated heterocycles. The number of carbonyl (C=O) groups is 1. The van der Waals surface area contributed by atoms with Gasteiger partial charge in [-0.1, -0.05) is 54.6 Å². The fraction of sp³-hybridized carbons (Fsp3) is 0.346. The lowest BCUT2D eigenvalue weighted by molar-refractivity contribution is -0.00683. The highest BCUT2D eigenvalue weighted by atomic mass is 16.5. The van der Waals surface area contributed by atoms with Crippen LogP contribution in [-0.4, -0.2) is 38.2 Å². The zero-order valence-electron chi connectivity index (χ0n) is 17.5. The summed E-state index contributed by atoms with van der Waals surface area (Å²) >= 11 is 0. The Hall–Kier alpha value is -2.69. The highest BCUT2D eigenvalue weighted by Crippen LogP contribution is 2.47. The Morgan fingerprint density at radius 3 is 2.47 bits per heavy atom. The third-order valence-corrected chi connectivity index (χ3v) is 6.14. The summed E-state index contributed by atoms with van der Waals surface area (Å²) in [5.41, 5.74) is 4.09. The number of benzene rings is 3. The molecule has 4 nitrogen and oxygen atoms in total. The van der Waals surface area contributed by atoms with Crippen LogP contribution in [0.2, 0.25) is 0 Å². The van der Waals surface area contributed by atoms with Crippen molar-refractivity contribution in [3.63, 3.8) is 0 Å². The second-order valence-electron chi connectivity index (χ2n) is 8.36. The molecule has 2 unspecified atom stereocenters. The first-order chi connectivity index (χ1) is 14.6. The normalized spacial score (nSPS) is 21.4. The van der Waals surface area contributed by atoms with Crippen LogP contribution in [0.25, 0.3) is 10.8 Å². The molecular weight excluding hydrogens is 374 g/mol. The van der Waals surface area contributed by atoms with Gasteiger partial charge >= 0.3 is 0 Å². The molecule has 3 aromatic rings. The van der Waals surface area contributed by atoms with E-state index in [1.165, 1.54) is 5.69 Å². The van der Waals surface area contributed by atoms with Crippen molar-refractivity contribution in [3.8, 4) is 0 Å². The number of ketones is 1.